The lowest BCUT2D eigenvalue weighted by atomic mass is 9.91. The van der Waals surface area contributed by atoms with E-state index < -0.39 is 6.10 Å². The smallest absolute Gasteiger partial charge is 0.311 e. The van der Waals surface area contributed by atoms with Crippen LogP contribution in [0.1, 0.15) is 53.9 Å². The standard InChI is InChI=1S/C22H30O2/c1-7-19(16(4)14-17-11-9-8-10-12-17)24-21(23)20-18(13-15(2)3)22(20,5)6/h1,8-9,13-14,17-20H,10-12H2,2-6H3. The Kier molecular flexibility index (Phi) is 5.75. The highest BCUT2D eigenvalue weighted by molar-refractivity contribution is 5.79. The van der Waals surface area contributed by atoms with E-state index in [1.165, 1.54) is 5.57 Å². The minimum atomic E-state index is -0.549. The Morgan fingerprint density at radius 1 is 1.29 bits per heavy atom. The molecule has 0 amide bonds. The Labute approximate surface area is 147 Å². The average molecular weight is 326 g/mol. The predicted octanol–water partition coefficient (Wildman–Crippen LogP) is 5.07. The molecule has 2 heteroatoms. The fourth-order valence-corrected chi connectivity index (χ4v) is 3.67. The fraction of sp³-hybridized carbons (Fsp3) is 0.591. The predicted molar refractivity (Wildman–Crippen MR) is 99.1 cm³/mol. The van der Waals surface area contributed by atoms with Gasteiger partial charge in [0.15, 0.2) is 6.10 Å². The summed E-state index contributed by atoms with van der Waals surface area (Å²) >= 11 is 0. The highest BCUT2D eigenvalue weighted by Crippen LogP contribution is 2.60. The van der Waals surface area contributed by atoms with Gasteiger partial charge in [-0.3, -0.25) is 4.79 Å². The number of esters is 1. The molecule has 0 spiro atoms. The number of ether oxygens (including phenoxy) is 1. The number of carbonyl (C=O) groups excluding carboxylic acids is 1. The summed E-state index contributed by atoms with van der Waals surface area (Å²) in [5.74, 6) is 3.14. The molecular formula is C22H30O2. The zero-order chi connectivity index (χ0) is 17.9. The Morgan fingerprint density at radius 2 is 2.00 bits per heavy atom. The topological polar surface area (TPSA) is 26.3 Å². The van der Waals surface area contributed by atoms with E-state index in [4.69, 9.17) is 11.2 Å². The van der Waals surface area contributed by atoms with Crippen molar-refractivity contribution in [2.45, 2.75) is 60.0 Å². The van der Waals surface area contributed by atoms with Crippen LogP contribution in [-0.4, -0.2) is 12.1 Å². The molecule has 0 aromatic heterocycles. The fourth-order valence-electron chi connectivity index (χ4n) is 3.67. The second kappa shape index (κ2) is 7.43. The van der Waals surface area contributed by atoms with Gasteiger partial charge in [-0.25, -0.2) is 0 Å². The van der Waals surface area contributed by atoms with Crippen molar-refractivity contribution in [1.29, 1.82) is 0 Å². The van der Waals surface area contributed by atoms with E-state index >= 15 is 0 Å². The van der Waals surface area contributed by atoms with E-state index in [2.05, 4.69) is 57.9 Å². The molecule has 0 saturated heterocycles. The maximum Gasteiger partial charge on any atom is 0.311 e. The second-order valence-electron chi connectivity index (χ2n) is 8.01. The molecule has 0 radical (unpaired) electrons. The summed E-state index contributed by atoms with van der Waals surface area (Å²) in [7, 11) is 0. The Balaban J connectivity index is 2.01. The maximum atomic E-state index is 12.6. The van der Waals surface area contributed by atoms with Crippen molar-refractivity contribution in [3.05, 3.63) is 35.5 Å². The molecule has 1 fully saturated rings. The molecule has 2 aliphatic carbocycles. The van der Waals surface area contributed by atoms with E-state index in [0.29, 0.717) is 5.92 Å². The molecule has 0 aliphatic heterocycles. The summed E-state index contributed by atoms with van der Waals surface area (Å²) in [4.78, 5) is 12.6. The minimum Gasteiger partial charge on any atom is -0.444 e. The molecule has 2 nitrogen and oxygen atoms in total. The lowest BCUT2D eigenvalue weighted by molar-refractivity contribution is -0.147. The molecule has 0 aromatic rings. The van der Waals surface area contributed by atoms with Gasteiger partial charge in [-0.15, -0.1) is 6.42 Å². The van der Waals surface area contributed by atoms with Crippen molar-refractivity contribution >= 4 is 5.97 Å². The molecule has 2 rings (SSSR count). The van der Waals surface area contributed by atoms with Crippen LogP contribution in [0, 0.1) is 35.5 Å². The largest absolute Gasteiger partial charge is 0.444 e. The van der Waals surface area contributed by atoms with Gasteiger partial charge in [0.25, 0.3) is 0 Å². The SMILES string of the molecule is C#CC(OC(=O)C1C(C=C(C)C)C1(C)C)C(C)=CC1CC=CCC1. The first-order valence-corrected chi connectivity index (χ1v) is 8.92. The molecule has 24 heavy (non-hydrogen) atoms. The minimum absolute atomic E-state index is 0.0424. The van der Waals surface area contributed by atoms with Crippen molar-refractivity contribution in [3.8, 4) is 12.3 Å². The summed E-state index contributed by atoms with van der Waals surface area (Å²) in [6.45, 7) is 10.3. The molecule has 0 aromatic carbocycles. The van der Waals surface area contributed by atoms with Crippen LogP contribution in [0.3, 0.4) is 0 Å². The summed E-state index contributed by atoms with van der Waals surface area (Å²) in [6, 6.07) is 0. The van der Waals surface area contributed by atoms with Crippen LogP contribution >= 0.6 is 0 Å². The Hall–Kier alpha value is -1.75. The highest BCUT2D eigenvalue weighted by Gasteiger charge is 2.61. The first kappa shape index (κ1) is 18.6. The third-order valence-electron chi connectivity index (χ3n) is 5.28. The first-order chi connectivity index (χ1) is 11.3. The lowest BCUT2D eigenvalue weighted by Crippen LogP contribution is -2.21. The van der Waals surface area contributed by atoms with Gasteiger partial charge in [0.1, 0.15) is 0 Å². The molecule has 130 valence electrons. The van der Waals surface area contributed by atoms with Gasteiger partial charge in [-0.2, -0.15) is 0 Å². The number of allylic oxidation sites excluding steroid dienone is 5. The zero-order valence-electron chi connectivity index (χ0n) is 15.6. The van der Waals surface area contributed by atoms with Gasteiger partial charge >= 0.3 is 5.97 Å². The molecule has 4 atom stereocenters. The quantitative estimate of drug-likeness (QED) is 0.400. The lowest BCUT2D eigenvalue weighted by Gasteiger charge is -2.18. The van der Waals surface area contributed by atoms with Crippen LogP contribution in [-0.2, 0) is 9.53 Å². The third-order valence-corrected chi connectivity index (χ3v) is 5.28. The molecule has 0 heterocycles. The van der Waals surface area contributed by atoms with Crippen LogP contribution in [0.2, 0.25) is 0 Å². The van der Waals surface area contributed by atoms with E-state index in [1.807, 2.05) is 6.92 Å². The monoisotopic (exact) mass is 326 g/mol. The van der Waals surface area contributed by atoms with Crippen LogP contribution < -0.4 is 0 Å². The van der Waals surface area contributed by atoms with E-state index in [1.54, 1.807) is 0 Å². The van der Waals surface area contributed by atoms with Crippen LogP contribution in [0.25, 0.3) is 0 Å². The van der Waals surface area contributed by atoms with Gasteiger partial charge < -0.3 is 4.74 Å². The summed E-state index contributed by atoms with van der Waals surface area (Å²) < 4.78 is 5.68. The van der Waals surface area contributed by atoms with E-state index in [-0.39, 0.29) is 23.2 Å². The van der Waals surface area contributed by atoms with Crippen LogP contribution in [0.15, 0.2) is 35.5 Å². The number of terminal acetylenes is 1. The van der Waals surface area contributed by atoms with Crippen molar-refractivity contribution in [3.63, 3.8) is 0 Å². The van der Waals surface area contributed by atoms with Gasteiger partial charge in [-0.1, -0.05) is 49.6 Å². The van der Waals surface area contributed by atoms with Crippen molar-refractivity contribution in [2.75, 3.05) is 0 Å². The van der Waals surface area contributed by atoms with Crippen LogP contribution in [0.4, 0.5) is 0 Å². The highest BCUT2D eigenvalue weighted by atomic mass is 16.5. The second-order valence-corrected chi connectivity index (χ2v) is 8.01. The first-order valence-electron chi connectivity index (χ1n) is 8.92. The van der Waals surface area contributed by atoms with E-state index in [9.17, 15) is 4.79 Å². The summed E-state index contributed by atoms with van der Waals surface area (Å²) in [5.41, 5.74) is 2.17. The van der Waals surface area contributed by atoms with Crippen LogP contribution in [0.5, 0.6) is 0 Å². The van der Waals surface area contributed by atoms with E-state index in [0.717, 1.165) is 24.8 Å². The number of carbonyl (C=O) groups is 1. The molecule has 0 bridgehead atoms. The maximum absolute atomic E-state index is 12.6. The number of hydrogen-bond donors (Lipinski definition) is 0. The Bertz CT molecular complexity index is 608. The third kappa shape index (κ3) is 4.20. The molecule has 4 unspecified atom stereocenters. The van der Waals surface area contributed by atoms with Gasteiger partial charge in [-0.05, 0) is 62.9 Å². The van der Waals surface area contributed by atoms with Gasteiger partial charge in [0.05, 0.1) is 5.92 Å². The van der Waals surface area contributed by atoms with Gasteiger partial charge in [0, 0.05) is 0 Å². The Morgan fingerprint density at radius 3 is 2.54 bits per heavy atom. The molecule has 0 N–H and O–H groups in total. The normalized spacial score (nSPS) is 29.3. The average Bonchev–Trinajstić information content (AvgIpc) is 3.05. The number of hydrogen-bond acceptors (Lipinski definition) is 2. The summed E-state index contributed by atoms with van der Waals surface area (Å²) in [5, 5.41) is 0. The van der Waals surface area contributed by atoms with Crippen molar-refractivity contribution in [2.24, 2.45) is 23.2 Å². The van der Waals surface area contributed by atoms with Crippen molar-refractivity contribution < 1.29 is 9.53 Å². The molecule has 2 aliphatic rings. The number of rotatable bonds is 5. The van der Waals surface area contributed by atoms with Gasteiger partial charge in [0.2, 0.25) is 0 Å². The van der Waals surface area contributed by atoms with Crippen molar-refractivity contribution in [1.82, 2.24) is 0 Å². The zero-order valence-corrected chi connectivity index (χ0v) is 15.6. The summed E-state index contributed by atoms with van der Waals surface area (Å²) in [6.07, 6.45) is 17.2. The molecular weight excluding hydrogens is 296 g/mol. The molecule has 1 saturated carbocycles.